The van der Waals surface area contributed by atoms with Crippen LogP contribution in [-0.2, 0) is 0 Å². The van der Waals surface area contributed by atoms with Crippen LogP contribution in [0.4, 0.5) is 11.4 Å². The molecule has 4 nitrogen and oxygen atoms in total. The highest BCUT2D eigenvalue weighted by Crippen LogP contribution is 2.22. The molecule has 178 valence electrons. The smallest absolute Gasteiger partial charge is 0.0868 e. The molecular weight excluding hydrogens is 440 g/mol. The predicted molar refractivity (Wildman–Crippen MR) is 153 cm³/mol. The van der Waals surface area contributed by atoms with Gasteiger partial charge in [0.05, 0.1) is 17.4 Å². The largest absolute Gasteiger partial charge is 0.381 e. The molecule has 0 amide bonds. The second kappa shape index (κ2) is 10.9. The number of fused-ring (bicyclic) bond motifs is 1. The number of nitrogens with zero attached hydrogens (tertiary/aromatic N) is 2. The van der Waals surface area contributed by atoms with Crippen molar-refractivity contribution in [3.63, 3.8) is 0 Å². The second-order valence-electron chi connectivity index (χ2n) is 8.95. The fraction of sp³-hybridized carbons (Fsp3) is 0.125. The van der Waals surface area contributed by atoms with Crippen molar-refractivity contribution in [3.8, 4) is 0 Å². The number of aryl methyl sites for hydroxylation is 1. The van der Waals surface area contributed by atoms with E-state index in [9.17, 15) is 0 Å². The van der Waals surface area contributed by atoms with E-state index in [1.54, 1.807) is 0 Å². The van der Waals surface area contributed by atoms with E-state index in [1.807, 2.05) is 31.5 Å². The fourth-order valence-corrected chi connectivity index (χ4v) is 4.21. The minimum absolute atomic E-state index is 0.0564. The standard InChI is InChI=1S/C32H30N4/c1-3-6-27-17-29(13-9-23(27)2)33-19-24-10-15-31(35-21-24)32-16-11-25(22-36-32)20-34-30-14-12-26-7-4-5-8-28(26)18-30/h3-19,21-22,32,34,36H,20H2,1-2H3/b6-3-,33-19?. The monoisotopic (exact) mass is 470 g/mol. The van der Waals surface area contributed by atoms with Crippen molar-refractivity contribution in [1.29, 1.82) is 0 Å². The van der Waals surface area contributed by atoms with E-state index < -0.39 is 0 Å². The first-order valence-corrected chi connectivity index (χ1v) is 12.3. The molecule has 5 rings (SSSR count). The van der Waals surface area contributed by atoms with Crippen molar-refractivity contribution in [3.05, 3.63) is 131 Å². The van der Waals surface area contributed by atoms with Crippen molar-refractivity contribution >= 4 is 34.4 Å². The first-order chi connectivity index (χ1) is 17.7. The van der Waals surface area contributed by atoms with Crippen LogP contribution in [0.2, 0.25) is 0 Å². The first kappa shape index (κ1) is 23.3. The number of aliphatic imine (C=N–C) groups is 1. The van der Waals surface area contributed by atoms with Gasteiger partial charge in [-0.3, -0.25) is 9.98 Å². The minimum atomic E-state index is 0.0564. The Morgan fingerprint density at radius 3 is 2.67 bits per heavy atom. The summed E-state index contributed by atoms with van der Waals surface area (Å²) in [7, 11) is 0. The van der Waals surface area contributed by atoms with Gasteiger partial charge in [-0.05, 0) is 77.7 Å². The highest BCUT2D eigenvalue weighted by molar-refractivity contribution is 5.85. The Balaban J connectivity index is 1.17. The number of nitrogens with one attached hydrogen (secondary N) is 2. The average Bonchev–Trinajstić information content (AvgIpc) is 2.93. The quantitative estimate of drug-likeness (QED) is 0.275. The fourth-order valence-electron chi connectivity index (χ4n) is 4.21. The number of anilines is 1. The average molecular weight is 471 g/mol. The molecule has 1 aliphatic rings. The van der Waals surface area contributed by atoms with Crippen LogP contribution in [0.5, 0.6) is 0 Å². The highest BCUT2D eigenvalue weighted by Gasteiger charge is 2.11. The van der Waals surface area contributed by atoms with Crippen LogP contribution in [0.3, 0.4) is 0 Å². The maximum Gasteiger partial charge on any atom is 0.0868 e. The lowest BCUT2D eigenvalue weighted by molar-refractivity contribution is 0.713. The molecule has 0 bridgehead atoms. The molecule has 4 aromatic rings. The van der Waals surface area contributed by atoms with Gasteiger partial charge in [0.1, 0.15) is 0 Å². The van der Waals surface area contributed by atoms with Gasteiger partial charge in [0.25, 0.3) is 0 Å². The Kier molecular flexibility index (Phi) is 7.04. The number of aromatic nitrogens is 1. The summed E-state index contributed by atoms with van der Waals surface area (Å²) in [5.41, 5.74) is 7.63. The molecule has 0 saturated carbocycles. The number of dihydropyridines is 1. The second-order valence-corrected chi connectivity index (χ2v) is 8.95. The maximum absolute atomic E-state index is 4.66. The SMILES string of the molecule is C/C=C\c1cc(N=Cc2ccc(C3C=CC(CNc4ccc5ccccc5c4)=CN3)nc2)ccc1C. The van der Waals surface area contributed by atoms with Crippen LogP contribution in [-0.4, -0.2) is 17.7 Å². The summed E-state index contributed by atoms with van der Waals surface area (Å²) in [6.07, 6.45) is 14.3. The van der Waals surface area contributed by atoms with E-state index in [1.165, 1.54) is 27.5 Å². The lowest BCUT2D eigenvalue weighted by Gasteiger charge is -2.19. The molecule has 1 aromatic heterocycles. The van der Waals surface area contributed by atoms with Gasteiger partial charge in [0, 0.05) is 36.4 Å². The van der Waals surface area contributed by atoms with E-state index in [0.717, 1.165) is 29.2 Å². The van der Waals surface area contributed by atoms with E-state index >= 15 is 0 Å². The van der Waals surface area contributed by atoms with Gasteiger partial charge in [0.15, 0.2) is 0 Å². The summed E-state index contributed by atoms with van der Waals surface area (Å²) < 4.78 is 0. The zero-order chi connectivity index (χ0) is 24.7. The molecule has 0 spiro atoms. The van der Waals surface area contributed by atoms with Crippen molar-refractivity contribution in [2.75, 3.05) is 11.9 Å². The van der Waals surface area contributed by atoms with Crippen LogP contribution < -0.4 is 10.6 Å². The van der Waals surface area contributed by atoms with Gasteiger partial charge < -0.3 is 10.6 Å². The molecule has 2 heterocycles. The van der Waals surface area contributed by atoms with Gasteiger partial charge in [-0.25, -0.2) is 0 Å². The third kappa shape index (κ3) is 5.61. The van der Waals surface area contributed by atoms with Crippen molar-refractivity contribution in [1.82, 2.24) is 10.3 Å². The van der Waals surface area contributed by atoms with Crippen molar-refractivity contribution in [2.45, 2.75) is 19.9 Å². The molecular formula is C32H30N4. The summed E-state index contributed by atoms with van der Waals surface area (Å²) in [4.78, 5) is 9.29. The molecule has 0 radical (unpaired) electrons. The summed E-state index contributed by atoms with van der Waals surface area (Å²) >= 11 is 0. The van der Waals surface area contributed by atoms with Gasteiger partial charge >= 0.3 is 0 Å². The zero-order valence-corrected chi connectivity index (χ0v) is 20.6. The number of hydrogen-bond donors (Lipinski definition) is 2. The molecule has 0 fully saturated rings. The Labute approximate surface area is 212 Å². The Hall–Kier alpha value is -4.44. The molecule has 1 unspecified atom stereocenters. The van der Waals surface area contributed by atoms with Crippen molar-refractivity contribution in [2.24, 2.45) is 4.99 Å². The van der Waals surface area contributed by atoms with Crippen molar-refractivity contribution < 1.29 is 0 Å². The normalized spacial score (nSPS) is 15.4. The van der Waals surface area contributed by atoms with E-state index in [4.69, 9.17) is 0 Å². The molecule has 0 aliphatic carbocycles. The molecule has 2 N–H and O–H groups in total. The third-order valence-electron chi connectivity index (χ3n) is 6.30. The zero-order valence-electron chi connectivity index (χ0n) is 20.6. The van der Waals surface area contributed by atoms with Gasteiger partial charge in [-0.15, -0.1) is 0 Å². The summed E-state index contributed by atoms with van der Waals surface area (Å²) in [6.45, 7) is 4.89. The van der Waals surface area contributed by atoms with Crippen LogP contribution >= 0.6 is 0 Å². The van der Waals surface area contributed by atoms with Crippen LogP contribution in [0.25, 0.3) is 16.8 Å². The number of rotatable bonds is 7. The van der Waals surface area contributed by atoms with E-state index in [2.05, 4.69) is 119 Å². The van der Waals surface area contributed by atoms with Gasteiger partial charge in [-0.2, -0.15) is 0 Å². The first-order valence-electron chi connectivity index (χ1n) is 12.3. The predicted octanol–water partition coefficient (Wildman–Crippen LogP) is 7.52. The molecule has 1 aliphatic heterocycles. The number of hydrogen-bond acceptors (Lipinski definition) is 4. The molecule has 4 heteroatoms. The lowest BCUT2D eigenvalue weighted by Crippen LogP contribution is -2.20. The van der Waals surface area contributed by atoms with E-state index in [-0.39, 0.29) is 6.04 Å². The summed E-state index contributed by atoms with van der Waals surface area (Å²) in [5.74, 6) is 0. The Morgan fingerprint density at radius 2 is 1.89 bits per heavy atom. The summed E-state index contributed by atoms with van der Waals surface area (Å²) in [5, 5.41) is 9.47. The van der Waals surface area contributed by atoms with Gasteiger partial charge in [-0.1, -0.05) is 60.7 Å². The number of benzene rings is 3. The minimum Gasteiger partial charge on any atom is -0.381 e. The van der Waals surface area contributed by atoms with Gasteiger partial charge in [0.2, 0.25) is 0 Å². The van der Waals surface area contributed by atoms with E-state index in [0.29, 0.717) is 0 Å². The molecule has 0 saturated heterocycles. The molecule has 3 aromatic carbocycles. The van der Waals surface area contributed by atoms with Crippen LogP contribution in [0, 0.1) is 6.92 Å². The topological polar surface area (TPSA) is 49.3 Å². The summed E-state index contributed by atoms with van der Waals surface area (Å²) in [6, 6.07) is 25.3. The Morgan fingerprint density at radius 1 is 1.00 bits per heavy atom. The third-order valence-corrected chi connectivity index (χ3v) is 6.30. The maximum atomic E-state index is 4.66. The van der Waals surface area contributed by atoms with Crippen LogP contribution in [0.1, 0.15) is 35.3 Å². The molecule has 1 atom stereocenters. The number of allylic oxidation sites excluding steroid dienone is 1. The number of pyridine rings is 1. The Bertz CT molecular complexity index is 1480. The van der Waals surface area contributed by atoms with Crippen LogP contribution in [0.15, 0.2) is 114 Å². The highest BCUT2D eigenvalue weighted by atomic mass is 14.9. The molecule has 36 heavy (non-hydrogen) atoms. The lowest BCUT2D eigenvalue weighted by atomic mass is 10.1.